The van der Waals surface area contributed by atoms with Crippen LogP contribution in [0, 0.1) is 6.92 Å². The lowest BCUT2D eigenvalue weighted by Crippen LogP contribution is -2.37. The van der Waals surface area contributed by atoms with E-state index < -0.39 is 0 Å². The predicted molar refractivity (Wildman–Crippen MR) is 78.1 cm³/mol. The van der Waals surface area contributed by atoms with Crippen molar-refractivity contribution in [2.24, 2.45) is 0 Å². The predicted octanol–water partition coefficient (Wildman–Crippen LogP) is 2.83. The number of aryl methyl sites for hydroxylation is 1. The van der Waals surface area contributed by atoms with Crippen LogP contribution in [-0.2, 0) is 0 Å². The SMILES string of the molecule is Cc1nc(N2CC[C@H]3CC[C@@H](C2)N3C)ccc1Br. The van der Waals surface area contributed by atoms with E-state index in [4.69, 9.17) is 4.98 Å². The highest BCUT2D eigenvalue weighted by Crippen LogP contribution is 2.30. The van der Waals surface area contributed by atoms with Crippen LogP contribution in [0.1, 0.15) is 25.0 Å². The summed E-state index contributed by atoms with van der Waals surface area (Å²) in [6, 6.07) is 5.75. The largest absolute Gasteiger partial charge is 0.355 e. The van der Waals surface area contributed by atoms with E-state index in [1.165, 1.54) is 19.3 Å². The third kappa shape index (κ3) is 2.16. The highest BCUT2D eigenvalue weighted by molar-refractivity contribution is 9.10. The van der Waals surface area contributed by atoms with Gasteiger partial charge in [0.15, 0.2) is 0 Å². The van der Waals surface area contributed by atoms with Gasteiger partial charge < -0.3 is 4.90 Å². The van der Waals surface area contributed by atoms with E-state index in [1.54, 1.807) is 0 Å². The molecule has 1 aromatic rings. The molecule has 0 radical (unpaired) electrons. The Balaban J connectivity index is 1.82. The quantitative estimate of drug-likeness (QED) is 0.795. The first-order valence-corrected chi connectivity index (χ1v) is 7.54. The van der Waals surface area contributed by atoms with E-state index in [0.717, 1.165) is 35.1 Å². The van der Waals surface area contributed by atoms with Gasteiger partial charge in [0.2, 0.25) is 0 Å². The average Bonchev–Trinajstić information content (AvgIpc) is 2.57. The van der Waals surface area contributed by atoms with E-state index in [1.807, 2.05) is 0 Å². The maximum Gasteiger partial charge on any atom is 0.128 e. The lowest BCUT2D eigenvalue weighted by molar-refractivity contribution is 0.254. The van der Waals surface area contributed by atoms with Crippen LogP contribution in [-0.4, -0.2) is 42.1 Å². The summed E-state index contributed by atoms with van der Waals surface area (Å²) in [5, 5.41) is 0. The molecule has 3 heterocycles. The molecule has 2 fully saturated rings. The van der Waals surface area contributed by atoms with Gasteiger partial charge in [-0.05, 0) is 61.3 Å². The number of hydrogen-bond acceptors (Lipinski definition) is 3. The molecule has 18 heavy (non-hydrogen) atoms. The number of aromatic nitrogens is 1. The monoisotopic (exact) mass is 309 g/mol. The molecule has 2 atom stereocenters. The maximum atomic E-state index is 4.71. The van der Waals surface area contributed by atoms with Gasteiger partial charge in [-0.15, -0.1) is 0 Å². The van der Waals surface area contributed by atoms with Gasteiger partial charge in [0.25, 0.3) is 0 Å². The molecule has 3 rings (SSSR count). The number of likely N-dealkylation sites (N-methyl/N-ethyl adjacent to an activating group) is 1. The summed E-state index contributed by atoms with van der Waals surface area (Å²) in [6.07, 6.45) is 3.98. The molecule has 3 nitrogen and oxygen atoms in total. The van der Waals surface area contributed by atoms with Crippen molar-refractivity contribution in [3.63, 3.8) is 0 Å². The molecule has 2 aliphatic rings. The van der Waals surface area contributed by atoms with Crippen molar-refractivity contribution in [3.05, 3.63) is 22.3 Å². The van der Waals surface area contributed by atoms with Gasteiger partial charge in [0.05, 0.1) is 5.69 Å². The van der Waals surface area contributed by atoms with Gasteiger partial charge in [-0.2, -0.15) is 0 Å². The molecular formula is C14H20BrN3. The van der Waals surface area contributed by atoms with Crippen molar-refractivity contribution in [1.82, 2.24) is 9.88 Å². The third-order valence-corrected chi connectivity index (χ3v) is 5.32. The van der Waals surface area contributed by atoms with Crippen molar-refractivity contribution in [3.8, 4) is 0 Å². The van der Waals surface area contributed by atoms with Crippen molar-refractivity contribution < 1.29 is 0 Å². The average molecular weight is 310 g/mol. The Labute approximate surface area is 117 Å². The second kappa shape index (κ2) is 4.82. The molecule has 2 saturated heterocycles. The molecule has 4 heteroatoms. The summed E-state index contributed by atoms with van der Waals surface area (Å²) in [4.78, 5) is 9.74. The Morgan fingerprint density at radius 3 is 2.78 bits per heavy atom. The number of halogens is 1. The van der Waals surface area contributed by atoms with Crippen LogP contribution < -0.4 is 4.90 Å². The van der Waals surface area contributed by atoms with Gasteiger partial charge in [-0.25, -0.2) is 4.98 Å². The molecule has 2 bridgehead atoms. The number of nitrogens with zero attached hydrogens (tertiary/aromatic N) is 3. The first-order chi connectivity index (χ1) is 8.65. The minimum atomic E-state index is 0.711. The first kappa shape index (κ1) is 12.4. The molecule has 0 spiro atoms. The van der Waals surface area contributed by atoms with Crippen LogP contribution >= 0.6 is 15.9 Å². The van der Waals surface area contributed by atoms with Crippen LogP contribution in [0.3, 0.4) is 0 Å². The smallest absolute Gasteiger partial charge is 0.128 e. The van der Waals surface area contributed by atoms with E-state index in [0.29, 0.717) is 6.04 Å². The fourth-order valence-electron chi connectivity index (χ4n) is 3.22. The fraction of sp³-hybridized carbons (Fsp3) is 0.643. The van der Waals surface area contributed by atoms with Gasteiger partial charge in [-0.3, -0.25) is 4.90 Å². The number of pyridine rings is 1. The Kier molecular flexibility index (Phi) is 3.32. The normalized spacial score (nSPS) is 28.5. The molecule has 0 saturated carbocycles. The van der Waals surface area contributed by atoms with Gasteiger partial charge in [0, 0.05) is 29.6 Å². The van der Waals surface area contributed by atoms with Crippen molar-refractivity contribution >= 4 is 21.7 Å². The summed E-state index contributed by atoms with van der Waals surface area (Å²) in [5.41, 5.74) is 1.08. The minimum absolute atomic E-state index is 0.711. The maximum absolute atomic E-state index is 4.71. The molecular weight excluding hydrogens is 290 g/mol. The van der Waals surface area contributed by atoms with Crippen molar-refractivity contribution in [1.29, 1.82) is 0 Å². The van der Waals surface area contributed by atoms with E-state index in [2.05, 4.69) is 51.8 Å². The zero-order chi connectivity index (χ0) is 12.7. The fourth-order valence-corrected chi connectivity index (χ4v) is 3.44. The molecule has 0 aromatic carbocycles. The second-order valence-electron chi connectivity index (χ2n) is 5.52. The second-order valence-corrected chi connectivity index (χ2v) is 6.38. The Morgan fingerprint density at radius 2 is 2.00 bits per heavy atom. The Morgan fingerprint density at radius 1 is 1.22 bits per heavy atom. The lowest BCUT2D eigenvalue weighted by Gasteiger charge is -2.27. The number of fused-ring (bicyclic) bond motifs is 2. The molecule has 0 aliphatic carbocycles. The topological polar surface area (TPSA) is 19.4 Å². The van der Waals surface area contributed by atoms with Crippen LogP contribution in [0.5, 0.6) is 0 Å². The minimum Gasteiger partial charge on any atom is -0.355 e. The molecule has 0 N–H and O–H groups in total. The highest BCUT2D eigenvalue weighted by Gasteiger charge is 2.34. The standard InChI is InChI=1S/C14H20BrN3/c1-10-13(15)5-6-14(16-10)18-8-7-11-3-4-12(9-18)17(11)2/h5-6,11-12H,3-4,7-9H2,1-2H3/t11-,12+/m1/s1. The van der Waals surface area contributed by atoms with Crippen LogP contribution in [0.15, 0.2) is 16.6 Å². The summed E-state index contributed by atoms with van der Waals surface area (Å²) in [7, 11) is 2.28. The van der Waals surface area contributed by atoms with Crippen LogP contribution in [0.4, 0.5) is 5.82 Å². The Hall–Kier alpha value is -0.610. The van der Waals surface area contributed by atoms with Gasteiger partial charge >= 0.3 is 0 Å². The molecule has 0 amide bonds. The summed E-state index contributed by atoms with van der Waals surface area (Å²) in [5.74, 6) is 1.14. The first-order valence-electron chi connectivity index (χ1n) is 6.75. The van der Waals surface area contributed by atoms with Gasteiger partial charge in [0.1, 0.15) is 5.82 Å². The van der Waals surface area contributed by atoms with E-state index >= 15 is 0 Å². The number of anilines is 1. The van der Waals surface area contributed by atoms with E-state index in [-0.39, 0.29) is 0 Å². The van der Waals surface area contributed by atoms with Gasteiger partial charge in [-0.1, -0.05) is 0 Å². The third-order valence-electron chi connectivity index (χ3n) is 4.48. The highest BCUT2D eigenvalue weighted by atomic mass is 79.9. The zero-order valence-corrected chi connectivity index (χ0v) is 12.7. The van der Waals surface area contributed by atoms with Crippen LogP contribution in [0.2, 0.25) is 0 Å². The summed E-state index contributed by atoms with van der Waals surface area (Å²) in [6.45, 7) is 4.32. The number of hydrogen-bond donors (Lipinski definition) is 0. The molecule has 2 aliphatic heterocycles. The zero-order valence-electron chi connectivity index (χ0n) is 11.1. The Bertz CT molecular complexity index is 449. The molecule has 1 aromatic heterocycles. The number of rotatable bonds is 1. The van der Waals surface area contributed by atoms with Crippen molar-refractivity contribution in [2.45, 2.75) is 38.3 Å². The van der Waals surface area contributed by atoms with Crippen molar-refractivity contribution in [2.75, 3.05) is 25.0 Å². The molecule has 98 valence electrons. The summed E-state index contributed by atoms with van der Waals surface area (Å²) >= 11 is 3.52. The molecule has 0 unspecified atom stereocenters. The van der Waals surface area contributed by atoms with Crippen LogP contribution in [0.25, 0.3) is 0 Å². The summed E-state index contributed by atoms with van der Waals surface area (Å²) < 4.78 is 1.10. The lowest BCUT2D eigenvalue weighted by atomic mass is 10.1. The van der Waals surface area contributed by atoms with E-state index in [9.17, 15) is 0 Å².